The number of ether oxygens (including phenoxy) is 1. The Hall–Kier alpha value is -1.28. The summed E-state index contributed by atoms with van der Waals surface area (Å²) in [7, 11) is 0. The maximum Gasteiger partial charge on any atom is 0.119 e. The summed E-state index contributed by atoms with van der Waals surface area (Å²) in [6.45, 7) is 15.0. The number of rotatable bonds is 12. The summed E-state index contributed by atoms with van der Waals surface area (Å²) in [5.74, 6) is 0.955. The van der Waals surface area contributed by atoms with E-state index in [1.165, 1.54) is 32.2 Å². The van der Waals surface area contributed by atoms with Crippen molar-refractivity contribution in [2.24, 2.45) is 0 Å². The van der Waals surface area contributed by atoms with Crippen molar-refractivity contribution in [3.8, 4) is 5.75 Å². The predicted molar refractivity (Wildman–Crippen MR) is 102 cm³/mol. The molecule has 0 saturated heterocycles. The van der Waals surface area contributed by atoms with Gasteiger partial charge >= 0.3 is 0 Å². The number of hydrogen-bond donors (Lipinski definition) is 0. The van der Waals surface area contributed by atoms with E-state index in [0.29, 0.717) is 12.1 Å². The molecule has 1 aromatic carbocycles. The van der Waals surface area contributed by atoms with Crippen LogP contribution in [0.25, 0.3) is 6.08 Å². The number of nitrogens with zero attached hydrogens (tertiary/aromatic N) is 1. The van der Waals surface area contributed by atoms with Crippen LogP contribution in [-0.4, -0.2) is 30.1 Å². The summed E-state index contributed by atoms with van der Waals surface area (Å²) in [5.41, 5.74) is 1.13. The second-order valence-corrected chi connectivity index (χ2v) is 6.43. The van der Waals surface area contributed by atoms with Gasteiger partial charge in [0.15, 0.2) is 0 Å². The van der Waals surface area contributed by atoms with E-state index in [2.05, 4.69) is 39.2 Å². The van der Waals surface area contributed by atoms with Gasteiger partial charge < -0.3 is 4.74 Å². The molecule has 2 unspecified atom stereocenters. The fourth-order valence-corrected chi connectivity index (χ4v) is 2.81. The molecule has 0 fully saturated rings. The van der Waals surface area contributed by atoms with Gasteiger partial charge in [0.25, 0.3) is 0 Å². The zero-order chi connectivity index (χ0) is 17.1. The van der Waals surface area contributed by atoms with Crippen molar-refractivity contribution in [1.29, 1.82) is 0 Å². The summed E-state index contributed by atoms with van der Waals surface area (Å²) < 4.78 is 5.80. The smallest absolute Gasteiger partial charge is 0.119 e. The van der Waals surface area contributed by atoms with Crippen LogP contribution < -0.4 is 4.74 Å². The molecule has 0 aromatic heterocycles. The minimum Gasteiger partial charge on any atom is -0.494 e. The molecule has 0 N–H and O–H groups in total. The largest absolute Gasteiger partial charge is 0.494 e. The summed E-state index contributed by atoms with van der Waals surface area (Å²) in [5, 5.41) is 0. The lowest BCUT2D eigenvalue weighted by Crippen LogP contribution is -2.40. The normalized spacial score (nSPS) is 13.8. The van der Waals surface area contributed by atoms with Gasteiger partial charge in [0.05, 0.1) is 6.61 Å². The number of unbranched alkanes of at least 4 members (excludes halogenated alkanes) is 2. The van der Waals surface area contributed by atoms with Gasteiger partial charge in [0, 0.05) is 12.1 Å². The maximum atomic E-state index is 5.80. The van der Waals surface area contributed by atoms with E-state index in [1.807, 2.05) is 30.3 Å². The third-order valence-corrected chi connectivity index (χ3v) is 4.76. The van der Waals surface area contributed by atoms with Crippen molar-refractivity contribution in [1.82, 2.24) is 4.90 Å². The van der Waals surface area contributed by atoms with Gasteiger partial charge in [-0.2, -0.15) is 0 Å². The second-order valence-electron chi connectivity index (χ2n) is 6.43. The van der Waals surface area contributed by atoms with E-state index in [-0.39, 0.29) is 0 Å². The second kappa shape index (κ2) is 11.3. The van der Waals surface area contributed by atoms with Crippen molar-refractivity contribution in [2.75, 3.05) is 13.2 Å². The van der Waals surface area contributed by atoms with Crippen molar-refractivity contribution in [3.05, 3.63) is 36.4 Å². The third-order valence-electron chi connectivity index (χ3n) is 4.76. The first kappa shape index (κ1) is 19.8. The van der Waals surface area contributed by atoms with Crippen LogP contribution in [0.4, 0.5) is 0 Å². The van der Waals surface area contributed by atoms with Crippen LogP contribution in [-0.2, 0) is 0 Å². The molecule has 2 atom stereocenters. The van der Waals surface area contributed by atoms with E-state index >= 15 is 0 Å². The van der Waals surface area contributed by atoms with E-state index < -0.39 is 0 Å². The Kier molecular flexibility index (Phi) is 9.70. The molecule has 2 nitrogen and oxygen atoms in total. The van der Waals surface area contributed by atoms with Crippen LogP contribution in [0.5, 0.6) is 5.75 Å². The van der Waals surface area contributed by atoms with Crippen molar-refractivity contribution in [3.63, 3.8) is 0 Å². The molecule has 0 radical (unpaired) electrons. The molecule has 0 aliphatic rings. The topological polar surface area (TPSA) is 12.5 Å². The van der Waals surface area contributed by atoms with Gasteiger partial charge in [0.2, 0.25) is 0 Å². The minimum absolute atomic E-state index is 0.685. The Balaban J connectivity index is 2.21. The SMILES string of the molecule is C=Cc1ccc(OCCCCCN(C(C)CC)C(C)CC)cc1. The zero-order valence-corrected chi connectivity index (χ0v) is 15.6. The first-order valence-corrected chi connectivity index (χ1v) is 9.23. The summed E-state index contributed by atoms with van der Waals surface area (Å²) in [4.78, 5) is 2.66. The lowest BCUT2D eigenvalue weighted by atomic mass is 10.1. The van der Waals surface area contributed by atoms with Gasteiger partial charge in [-0.3, -0.25) is 4.90 Å². The zero-order valence-electron chi connectivity index (χ0n) is 15.6. The molecule has 0 bridgehead atoms. The number of hydrogen-bond acceptors (Lipinski definition) is 2. The van der Waals surface area contributed by atoms with E-state index in [4.69, 9.17) is 4.74 Å². The molecular weight excluding hydrogens is 282 g/mol. The number of benzene rings is 1. The van der Waals surface area contributed by atoms with Crippen LogP contribution in [0, 0.1) is 0 Å². The predicted octanol–water partition coefficient (Wildman–Crippen LogP) is 5.78. The van der Waals surface area contributed by atoms with Crippen LogP contribution >= 0.6 is 0 Å². The highest BCUT2D eigenvalue weighted by Crippen LogP contribution is 2.15. The molecule has 0 aliphatic carbocycles. The first-order valence-electron chi connectivity index (χ1n) is 9.23. The van der Waals surface area contributed by atoms with Gasteiger partial charge in [-0.1, -0.05) is 38.6 Å². The van der Waals surface area contributed by atoms with Gasteiger partial charge in [0.1, 0.15) is 5.75 Å². The molecular formula is C21H35NO. The van der Waals surface area contributed by atoms with Crippen LogP contribution in [0.2, 0.25) is 0 Å². The van der Waals surface area contributed by atoms with E-state index in [9.17, 15) is 0 Å². The van der Waals surface area contributed by atoms with Gasteiger partial charge in [-0.15, -0.1) is 0 Å². The fourth-order valence-electron chi connectivity index (χ4n) is 2.81. The maximum absolute atomic E-state index is 5.80. The van der Waals surface area contributed by atoms with Crippen LogP contribution in [0.3, 0.4) is 0 Å². The summed E-state index contributed by atoms with van der Waals surface area (Å²) in [6, 6.07) is 9.49. The minimum atomic E-state index is 0.685. The molecule has 0 aliphatic heterocycles. The van der Waals surface area contributed by atoms with Gasteiger partial charge in [-0.05, 0) is 70.2 Å². The standard InChI is InChI=1S/C21H35NO/c1-6-18(4)22(19(5)7-2)16-10-9-11-17-23-21-14-12-20(8-3)13-15-21/h8,12-15,18-19H,3,6-7,9-11,16-17H2,1-2,4-5H3. The molecule has 2 heteroatoms. The average Bonchev–Trinajstić information content (AvgIpc) is 2.60. The van der Waals surface area contributed by atoms with Crippen molar-refractivity contribution in [2.45, 2.75) is 71.9 Å². The molecule has 0 amide bonds. The van der Waals surface area contributed by atoms with E-state index in [1.54, 1.807) is 0 Å². The quantitative estimate of drug-likeness (QED) is 0.453. The third kappa shape index (κ3) is 7.22. The molecule has 130 valence electrons. The van der Waals surface area contributed by atoms with Crippen LogP contribution in [0.1, 0.15) is 65.4 Å². The molecule has 0 heterocycles. The van der Waals surface area contributed by atoms with Crippen LogP contribution in [0.15, 0.2) is 30.8 Å². The van der Waals surface area contributed by atoms with Crippen molar-refractivity contribution < 1.29 is 4.74 Å². The highest BCUT2D eigenvalue weighted by Gasteiger charge is 2.16. The molecule has 0 saturated carbocycles. The Bertz CT molecular complexity index is 416. The first-order chi connectivity index (χ1) is 11.1. The highest BCUT2D eigenvalue weighted by molar-refractivity contribution is 5.48. The molecule has 1 aromatic rings. The van der Waals surface area contributed by atoms with E-state index in [0.717, 1.165) is 24.3 Å². The highest BCUT2D eigenvalue weighted by atomic mass is 16.5. The lowest BCUT2D eigenvalue weighted by Gasteiger charge is -2.33. The molecule has 23 heavy (non-hydrogen) atoms. The molecule has 1 rings (SSSR count). The Morgan fingerprint density at radius 2 is 1.61 bits per heavy atom. The fraction of sp³-hybridized carbons (Fsp3) is 0.619. The monoisotopic (exact) mass is 317 g/mol. The Labute approximate surface area is 143 Å². The molecule has 0 spiro atoms. The lowest BCUT2D eigenvalue weighted by molar-refractivity contribution is 0.142. The average molecular weight is 318 g/mol. The Morgan fingerprint density at radius 1 is 1.00 bits per heavy atom. The van der Waals surface area contributed by atoms with Crippen molar-refractivity contribution >= 4 is 6.08 Å². The summed E-state index contributed by atoms with van der Waals surface area (Å²) in [6.07, 6.45) is 7.92. The Morgan fingerprint density at radius 3 is 2.13 bits per heavy atom. The summed E-state index contributed by atoms with van der Waals surface area (Å²) >= 11 is 0. The van der Waals surface area contributed by atoms with Gasteiger partial charge in [-0.25, -0.2) is 0 Å².